The molecule has 0 amide bonds. The molecule has 0 radical (unpaired) electrons. The van der Waals surface area contributed by atoms with E-state index in [-0.39, 0.29) is 5.78 Å². The van der Waals surface area contributed by atoms with Gasteiger partial charge in [-0.05, 0) is 43.2 Å². The lowest BCUT2D eigenvalue weighted by Gasteiger charge is -2.22. The van der Waals surface area contributed by atoms with E-state index in [0.717, 1.165) is 43.0 Å². The number of hydrogen-bond acceptors (Lipinski definition) is 2. The van der Waals surface area contributed by atoms with Gasteiger partial charge in [-0.1, -0.05) is 77.8 Å². The maximum Gasteiger partial charge on any atom is 0.181 e. The van der Waals surface area contributed by atoms with Gasteiger partial charge in [0, 0.05) is 19.9 Å². The minimum Gasteiger partial charge on any atom is -0.356 e. The van der Waals surface area contributed by atoms with Crippen LogP contribution >= 0.6 is 0 Å². The van der Waals surface area contributed by atoms with Crippen LogP contribution in [0.4, 0.5) is 0 Å². The Hall–Kier alpha value is -1.90. The number of hydrogen-bond donors (Lipinski definition) is 0. The lowest BCUT2D eigenvalue weighted by molar-refractivity contribution is -0.115. The minimum absolute atomic E-state index is 0.177. The third kappa shape index (κ3) is 7.79. The fraction of sp³-hybridized carbons (Fsp3) is 0.615. The second kappa shape index (κ2) is 13.3. The first-order valence-corrected chi connectivity index (χ1v) is 11.5. The van der Waals surface area contributed by atoms with Crippen molar-refractivity contribution in [1.82, 2.24) is 4.90 Å². The van der Waals surface area contributed by atoms with E-state index < -0.39 is 0 Å². The first-order chi connectivity index (χ1) is 13.9. The molecule has 0 spiro atoms. The van der Waals surface area contributed by atoms with Gasteiger partial charge in [0.2, 0.25) is 0 Å². The van der Waals surface area contributed by atoms with Gasteiger partial charge in [0.25, 0.3) is 0 Å². The summed E-state index contributed by atoms with van der Waals surface area (Å²) in [4.78, 5) is 19.4. The maximum absolute atomic E-state index is 12.4. The summed E-state index contributed by atoms with van der Waals surface area (Å²) in [5.74, 6) is 2.15. The molecular formula is C26H42N2O. The van der Waals surface area contributed by atoms with E-state index in [2.05, 4.69) is 63.9 Å². The number of likely N-dealkylation sites (tertiary alicyclic amines) is 1. The SMILES string of the molecule is CCC(C)CC.CCCC(=O)C(N=C1CCC(c2ccccc2)N1C)=C(C)CC. The van der Waals surface area contributed by atoms with E-state index in [1.54, 1.807) is 0 Å². The number of carbonyl (C=O) groups excluding carboxylic acids is 1. The first kappa shape index (κ1) is 25.1. The van der Waals surface area contributed by atoms with Crippen LogP contribution in [0.25, 0.3) is 0 Å². The van der Waals surface area contributed by atoms with Gasteiger partial charge in [-0.15, -0.1) is 0 Å². The molecule has 1 unspecified atom stereocenters. The average Bonchev–Trinajstić information content (AvgIpc) is 3.12. The van der Waals surface area contributed by atoms with Gasteiger partial charge < -0.3 is 4.90 Å². The second-order valence-electron chi connectivity index (χ2n) is 8.18. The van der Waals surface area contributed by atoms with Crippen LogP contribution in [0.15, 0.2) is 46.6 Å². The largest absolute Gasteiger partial charge is 0.356 e. The normalized spacial score (nSPS) is 18.6. The smallest absolute Gasteiger partial charge is 0.181 e. The Balaban J connectivity index is 0.000000612. The Morgan fingerprint density at radius 1 is 1.14 bits per heavy atom. The van der Waals surface area contributed by atoms with Crippen LogP contribution in [-0.2, 0) is 4.79 Å². The second-order valence-corrected chi connectivity index (χ2v) is 8.18. The summed E-state index contributed by atoms with van der Waals surface area (Å²) >= 11 is 0. The quantitative estimate of drug-likeness (QED) is 0.429. The molecule has 1 heterocycles. The number of rotatable bonds is 8. The first-order valence-electron chi connectivity index (χ1n) is 11.5. The molecule has 1 saturated heterocycles. The number of aliphatic imine (C=N–C) groups is 1. The molecule has 0 saturated carbocycles. The Kier molecular flexibility index (Phi) is 11.6. The molecule has 3 heteroatoms. The van der Waals surface area contributed by atoms with Crippen LogP contribution in [0.1, 0.15) is 98.1 Å². The van der Waals surface area contributed by atoms with Gasteiger partial charge in [0.1, 0.15) is 11.5 Å². The molecular weight excluding hydrogens is 356 g/mol. The highest BCUT2D eigenvalue weighted by Crippen LogP contribution is 2.32. The summed E-state index contributed by atoms with van der Waals surface area (Å²) in [5, 5.41) is 0. The molecule has 1 aromatic carbocycles. The zero-order chi connectivity index (χ0) is 21.8. The van der Waals surface area contributed by atoms with Gasteiger partial charge in [-0.25, -0.2) is 4.99 Å². The molecule has 0 N–H and O–H groups in total. The average molecular weight is 399 g/mol. The molecule has 1 aliphatic rings. The zero-order valence-corrected chi connectivity index (χ0v) is 19.8. The summed E-state index contributed by atoms with van der Waals surface area (Å²) in [6, 6.07) is 10.9. The molecule has 1 fully saturated rings. The predicted molar refractivity (Wildman–Crippen MR) is 126 cm³/mol. The summed E-state index contributed by atoms with van der Waals surface area (Å²) in [6.07, 6.45) is 6.96. The highest BCUT2D eigenvalue weighted by atomic mass is 16.1. The van der Waals surface area contributed by atoms with Gasteiger partial charge >= 0.3 is 0 Å². The Morgan fingerprint density at radius 3 is 2.24 bits per heavy atom. The van der Waals surface area contributed by atoms with Crippen molar-refractivity contribution in [2.45, 2.75) is 92.5 Å². The van der Waals surface area contributed by atoms with Crippen LogP contribution in [0.5, 0.6) is 0 Å². The Labute approximate surface area is 179 Å². The number of carbonyl (C=O) groups is 1. The Bertz CT molecular complexity index is 671. The van der Waals surface area contributed by atoms with Crippen molar-refractivity contribution in [3.8, 4) is 0 Å². The lowest BCUT2D eigenvalue weighted by atomic mass is 10.1. The molecule has 1 atom stereocenters. The highest BCUT2D eigenvalue weighted by molar-refractivity contribution is 5.99. The molecule has 0 bridgehead atoms. The van der Waals surface area contributed by atoms with Crippen LogP contribution in [0, 0.1) is 5.92 Å². The molecule has 1 aromatic rings. The Morgan fingerprint density at radius 2 is 1.76 bits per heavy atom. The van der Waals surface area contributed by atoms with E-state index in [0.29, 0.717) is 18.2 Å². The summed E-state index contributed by atoms with van der Waals surface area (Å²) < 4.78 is 0. The van der Waals surface area contributed by atoms with Crippen molar-refractivity contribution < 1.29 is 4.79 Å². The fourth-order valence-corrected chi connectivity index (χ4v) is 3.34. The molecule has 0 aliphatic carbocycles. The maximum atomic E-state index is 12.4. The van der Waals surface area contributed by atoms with Gasteiger partial charge in [-0.3, -0.25) is 4.79 Å². The summed E-state index contributed by atoms with van der Waals surface area (Å²) in [6.45, 7) is 12.9. The molecule has 162 valence electrons. The van der Waals surface area contributed by atoms with E-state index in [9.17, 15) is 4.79 Å². The van der Waals surface area contributed by atoms with Gasteiger partial charge in [-0.2, -0.15) is 0 Å². The molecule has 29 heavy (non-hydrogen) atoms. The number of Topliss-reactive ketones (excluding diaryl/α,β-unsaturated/α-hetero) is 1. The standard InChI is InChI=1S/C20H28N2O.C6H14/c1-5-10-18(23)20(15(3)6-2)21-19-14-13-17(22(19)4)16-11-8-7-9-12-16;1-4-6(3)5-2/h7-9,11-12,17H,5-6,10,13-14H2,1-4H3;6H,4-5H2,1-3H3. The van der Waals surface area contributed by atoms with E-state index >= 15 is 0 Å². The summed E-state index contributed by atoms with van der Waals surface area (Å²) in [5.41, 5.74) is 3.09. The van der Waals surface area contributed by atoms with E-state index in [1.165, 1.54) is 18.4 Å². The van der Waals surface area contributed by atoms with Crippen molar-refractivity contribution in [1.29, 1.82) is 0 Å². The van der Waals surface area contributed by atoms with Crippen molar-refractivity contribution in [2.24, 2.45) is 10.9 Å². The minimum atomic E-state index is 0.177. The summed E-state index contributed by atoms with van der Waals surface area (Å²) in [7, 11) is 2.09. The van der Waals surface area contributed by atoms with Crippen LogP contribution in [0.2, 0.25) is 0 Å². The molecule has 3 nitrogen and oxygen atoms in total. The number of amidine groups is 1. The number of nitrogens with zero attached hydrogens (tertiary/aromatic N) is 2. The number of ketones is 1. The van der Waals surface area contributed by atoms with E-state index in [4.69, 9.17) is 4.99 Å². The number of benzene rings is 1. The topological polar surface area (TPSA) is 32.7 Å². The number of allylic oxidation sites excluding steroid dienone is 2. The predicted octanol–water partition coefficient (Wildman–Crippen LogP) is 7.35. The highest BCUT2D eigenvalue weighted by Gasteiger charge is 2.28. The van der Waals surface area contributed by atoms with Gasteiger partial charge in [0.05, 0.1) is 6.04 Å². The van der Waals surface area contributed by atoms with Crippen molar-refractivity contribution in [2.75, 3.05) is 7.05 Å². The molecule has 0 aromatic heterocycles. The third-order valence-corrected chi connectivity index (χ3v) is 6.01. The van der Waals surface area contributed by atoms with Crippen LogP contribution < -0.4 is 0 Å². The van der Waals surface area contributed by atoms with Crippen molar-refractivity contribution in [3.05, 3.63) is 47.2 Å². The zero-order valence-electron chi connectivity index (χ0n) is 19.8. The fourth-order valence-electron chi connectivity index (χ4n) is 3.34. The van der Waals surface area contributed by atoms with Gasteiger partial charge in [0.15, 0.2) is 5.78 Å². The van der Waals surface area contributed by atoms with Crippen LogP contribution in [0.3, 0.4) is 0 Å². The third-order valence-electron chi connectivity index (χ3n) is 6.01. The van der Waals surface area contributed by atoms with Crippen molar-refractivity contribution in [3.63, 3.8) is 0 Å². The molecule has 1 aliphatic heterocycles. The van der Waals surface area contributed by atoms with Crippen molar-refractivity contribution >= 4 is 11.6 Å². The van der Waals surface area contributed by atoms with E-state index in [1.807, 2.05) is 19.9 Å². The van der Waals surface area contributed by atoms with Crippen LogP contribution in [-0.4, -0.2) is 23.6 Å². The molecule has 2 rings (SSSR count). The monoisotopic (exact) mass is 398 g/mol. The lowest BCUT2D eigenvalue weighted by Crippen LogP contribution is -2.23.